The molecule has 0 saturated heterocycles. The van der Waals surface area contributed by atoms with E-state index in [1.807, 2.05) is 0 Å². The van der Waals surface area contributed by atoms with E-state index < -0.39 is 5.97 Å². The van der Waals surface area contributed by atoms with Crippen LogP contribution in [-0.2, 0) is 16.0 Å². The zero-order chi connectivity index (χ0) is 14.5. The van der Waals surface area contributed by atoms with Crippen molar-refractivity contribution < 1.29 is 9.53 Å². The summed E-state index contributed by atoms with van der Waals surface area (Å²) in [5.74, 6) is -0.0129. The predicted molar refractivity (Wildman–Crippen MR) is 75.6 cm³/mol. The number of aromatic nitrogens is 2. The van der Waals surface area contributed by atoms with Gasteiger partial charge in [0.1, 0.15) is 5.82 Å². The third kappa shape index (κ3) is 3.68. The van der Waals surface area contributed by atoms with E-state index in [-0.39, 0.29) is 12.0 Å². The molecule has 0 fully saturated rings. The number of H-pyrrole nitrogens is 1. The molecule has 0 radical (unpaired) electrons. The third-order valence-electron chi connectivity index (χ3n) is 2.54. The first-order valence-corrected chi connectivity index (χ1v) is 6.48. The average molecular weight is 293 g/mol. The molecule has 0 aliphatic heterocycles. The average Bonchev–Trinajstić information content (AvgIpc) is 2.39. The van der Waals surface area contributed by atoms with Gasteiger partial charge < -0.3 is 9.72 Å². The Hall–Kier alpha value is -2.14. The van der Waals surface area contributed by atoms with Crippen molar-refractivity contribution in [1.82, 2.24) is 9.97 Å². The van der Waals surface area contributed by atoms with Crippen molar-refractivity contribution in [2.24, 2.45) is 0 Å². The number of carbonyl (C=O) groups is 1. The summed E-state index contributed by atoms with van der Waals surface area (Å²) in [6.45, 7) is 2.02. The van der Waals surface area contributed by atoms with Gasteiger partial charge in [0.25, 0.3) is 5.56 Å². The molecule has 104 valence electrons. The highest BCUT2D eigenvalue weighted by Crippen LogP contribution is 2.17. The first-order chi connectivity index (χ1) is 9.58. The van der Waals surface area contributed by atoms with E-state index >= 15 is 0 Å². The fourth-order valence-electron chi connectivity index (χ4n) is 1.70. The molecular weight excluding hydrogens is 280 g/mol. The van der Waals surface area contributed by atoms with E-state index in [1.54, 1.807) is 31.2 Å². The number of rotatable bonds is 4. The van der Waals surface area contributed by atoms with Crippen molar-refractivity contribution in [2.45, 2.75) is 13.3 Å². The number of ether oxygens (including phenoxy) is 1. The molecule has 0 bridgehead atoms. The van der Waals surface area contributed by atoms with Crippen molar-refractivity contribution in [3.05, 3.63) is 51.4 Å². The zero-order valence-electron chi connectivity index (χ0n) is 10.9. The summed E-state index contributed by atoms with van der Waals surface area (Å²) in [5.41, 5.74) is 0.776. The van der Waals surface area contributed by atoms with Crippen LogP contribution >= 0.6 is 11.6 Å². The molecule has 1 N–H and O–H groups in total. The minimum Gasteiger partial charge on any atom is -0.466 e. The molecule has 0 saturated carbocycles. The van der Waals surface area contributed by atoms with Crippen LogP contribution in [0.15, 0.2) is 35.1 Å². The second kappa shape index (κ2) is 6.34. The van der Waals surface area contributed by atoms with Gasteiger partial charge in [0.05, 0.1) is 18.7 Å². The number of nitrogens with one attached hydrogen (secondary N) is 1. The van der Waals surface area contributed by atoms with Gasteiger partial charge >= 0.3 is 5.97 Å². The standard InChI is InChI=1S/C14H13ClN2O3/c1-2-20-13(19)8-11-7-12(18)17-14(16-11)9-3-5-10(15)6-4-9/h3-7H,2,8H2,1H3,(H,16,17,18). The Bertz CT molecular complexity index is 665. The number of halogens is 1. The predicted octanol–water partition coefficient (Wildman–Crippen LogP) is 2.20. The van der Waals surface area contributed by atoms with Crippen molar-refractivity contribution in [2.75, 3.05) is 6.61 Å². The number of esters is 1. The Morgan fingerprint density at radius 2 is 2.05 bits per heavy atom. The SMILES string of the molecule is CCOC(=O)Cc1cc(=O)[nH]c(-c2ccc(Cl)cc2)n1. The largest absolute Gasteiger partial charge is 0.466 e. The van der Waals surface area contributed by atoms with E-state index in [9.17, 15) is 9.59 Å². The molecule has 2 aromatic rings. The van der Waals surface area contributed by atoms with Gasteiger partial charge in [-0.2, -0.15) is 0 Å². The maximum Gasteiger partial charge on any atom is 0.311 e. The van der Waals surface area contributed by atoms with Crippen molar-refractivity contribution in [1.29, 1.82) is 0 Å². The fourth-order valence-corrected chi connectivity index (χ4v) is 1.83. The highest BCUT2D eigenvalue weighted by Gasteiger charge is 2.09. The fraction of sp³-hybridized carbons (Fsp3) is 0.214. The summed E-state index contributed by atoms with van der Waals surface area (Å²) < 4.78 is 4.84. The lowest BCUT2D eigenvalue weighted by molar-refractivity contribution is -0.142. The van der Waals surface area contributed by atoms with Gasteiger partial charge in [-0.1, -0.05) is 11.6 Å². The van der Waals surface area contributed by atoms with Gasteiger partial charge in [-0.15, -0.1) is 0 Å². The number of hydrogen-bond donors (Lipinski definition) is 1. The van der Waals surface area contributed by atoms with Crippen LogP contribution in [-0.4, -0.2) is 22.5 Å². The zero-order valence-corrected chi connectivity index (χ0v) is 11.6. The second-order valence-corrected chi connectivity index (χ2v) is 4.51. The molecule has 1 aromatic carbocycles. The van der Waals surface area contributed by atoms with E-state index in [1.165, 1.54) is 6.07 Å². The van der Waals surface area contributed by atoms with Crippen LogP contribution < -0.4 is 5.56 Å². The van der Waals surface area contributed by atoms with E-state index in [0.717, 1.165) is 5.56 Å². The molecule has 0 atom stereocenters. The van der Waals surface area contributed by atoms with Crippen LogP contribution in [0.5, 0.6) is 0 Å². The van der Waals surface area contributed by atoms with Crippen molar-refractivity contribution in [3.8, 4) is 11.4 Å². The summed E-state index contributed by atoms with van der Waals surface area (Å²) in [7, 11) is 0. The molecular formula is C14H13ClN2O3. The minimum atomic E-state index is -0.410. The molecule has 0 aliphatic carbocycles. The van der Waals surface area contributed by atoms with Crippen LogP contribution in [0.1, 0.15) is 12.6 Å². The molecule has 6 heteroatoms. The summed E-state index contributed by atoms with van der Waals surface area (Å²) in [6.07, 6.45) is -0.0294. The van der Waals surface area contributed by atoms with Crippen LogP contribution in [0, 0.1) is 0 Å². The number of nitrogens with zero attached hydrogens (tertiary/aromatic N) is 1. The van der Waals surface area contributed by atoms with Crippen LogP contribution in [0.3, 0.4) is 0 Å². The second-order valence-electron chi connectivity index (χ2n) is 4.07. The molecule has 1 heterocycles. The molecule has 5 nitrogen and oxygen atoms in total. The smallest absolute Gasteiger partial charge is 0.311 e. The molecule has 1 aromatic heterocycles. The Kier molecular flexibility index (Phi) is 4.53. The summed E-state index contributed by atoms with van der Waals surface area (Å²) in [5, 5.41) is 0.596. The van der Waals surface area contributed by atoms with Gasteiger partial charge in [-0.3, -0.25) is 9.59 Å². The topological polar surface area (TPSA) is 72.1 Å². The summed E-state index contributed by atoms with van der Waals surface area (Å²) in [6, 6.07) is 8.18. The van der Waals surface area contributed by atoms with Crippen LogP contribution in [0.2, 0.25) is 5.02 Å². The maximum atomic E-state index is 11.6. The monoisotopic (exact) mass is 292 g/mol. The Morgan fingerprint density at radius 1 is 1.35 bits per heavy atom. The molecule has 0 aliphatic rings. The highest BCUT2D eigenvalue weighted by atomic mass is 35.5. The lowest BCUT2D eigenvalue weighted by Gasteiger charge is -2.04. The number of hydrogen-bond acceptors (Lipinski definition) is 4. The normalized spacial score (nSPS) is 10.3. The first-order valence-electron chi connectivity index (χ1n) is 6.10. The first kappa shape index (κ1) is 14.3. The number of carbonyl (C=O) groups excluding carboxylic acids is 1. The Morgan fingerprint density at radius 3 is 2.70 bits per heavy atom. The Balaban J connectivity index is 2.31. The highest BCUT2D eigenvalue weighted by molar-refractivity contribution is 6.30. The van der Waals surface area contributed by atoms with E-state index in [0.29, 0.717) is 23.1 Å². The van der Waals surface area contributed by atoms with E-state index in [2.05, 4.69) is 9.97 Å². The van der Waals surface area contributed by atoms with E-state index in [4.69, 9.17) is 16.3 Å². The molecule has 0 spiro atoms. The Labute approximate surface area is 120 Å². The van der Waals surface area contributed by atoms with Crippen molar-refractivity contribution in [3.63, 3.8) is 0 Å². The number of aromatic amines is 1. The molecule has 2 rings (SSSR count). The lowest BCUT2D eigenvalue weighted by atomic mass is 10.2. The van der Waals surface area contributed by atoms with Gasteiger partial charge in [0.2, 0.25) is 0 Å². The van der Waals surface area contributed by atoms with Crippen molar-refractivity contribution >= 4 is 17.6 Å². The quantitative estimate of drug-likeness (QED) is 0.877. The van der Waals surface area contributed by atoms with Gasteiger partial charge in [0.15, 0.2) is 0 Å². The maximum absolute atomic E-state index is 11.6. The molecule has 20 heavy (non-hydrogen) atoms. The van der Waals surface area contributed by atoms with Crippen LogP contribution in [0.4, 0.5) is 0 Å². The molecule has 0 unspecified atom stereocenters. The van der Waals surface area contributed by atoms with Gasteiger partial charge in [0, 0.05) is 16.7 Å². The summed E-state index contributed by atoms with van der Waals surface area (Å²) in [4.78, 5) is 29.9. The summed E-state index contributed by atoms with van der Waals surface area (Å²) >= 11 is 5.81. The van der Waals surface area contributed by atoms with Gasteiger partial charge in [-0.05, 0) is 31.2 Å². The number of benzene rings is 1. The minimum absolute atomic E-state index is 0.0294. The third-order valence-corrected chi connectivity index (χ3v) is 2.80. The van der Waals surface area contributed by atoms with Crippen LogP contribution in [0.25, 0.3) is 11.4 Å². The molecule has 0 amide bonds. The lowest BCUT2D eigenvalue weighted by Crippen LogP contribution is -2.14. The van der Waals surface area contributed by atoms with Gasteiger partial charge in [-0.25, -0.2) is 4.98 Å².